The summed E-state index contributed by atoms with van der Waals surface area (Å²) >= 11 is 0. The molecular weight excluding hydrogens is 400 g/mol. The summed E-state index contributed by atoms with van der Waals surface area (Å²) in [4.78, 5) is 25.6. The predicted octanol–water partition coefficient (Wildman–Crippen LogP) is 2.76. The fourth-order valence-corrected chi connectivity index (χ4v) is 3.06. The van der Waals surface area contributed by atoms with Gasteiger partial charge in [0, 0.05) is 19.2 Å². The van der Waals surface area contributed by atoms with Gasteiger partial charge in [-0.2, -0.15) is 4.98 Å². The van der Waals surface area contributed by atoms with Crippen LogP contribution in [-0.4, -0.2) is 60.2 Å². The molecule has 9 nitrogen and oxygen atoms in total. The third-order valence-corrected chi connectivity index (χ3v) is 4.60. The van der Waals surface area contributed by atoms with Crippen LogP contribution in [-0.2, 0) is 22.6 Å². The van der Waals surface area contributed by atoms with Gasteiger partial charge in [-0.3, -0.25) is 4.90 Å². The SMILES string of the molecule is COc1ccc(CN(C(=O)OC(C)(C)C)c2cc(CO)nc(N3CCOCC3)n2)cc1. The number of aliphatic hydroxyl groups is 1. The number of benzene rings is 1. The Morgan fingerprint density at radius 2 is 1.87 bits per heavy atom. The highest BCUT2D eigenvalue weighted by Gasteiger charge is 2.26. The van der Waals surface area contributed by atoms with Crippen molar-refractivity contribution >= 4 is 17.9 Å². The zero-order valence-electron chi connectivity index (χ0n) is 18.5. The highest BCUT2D eigenvalue weighted by Crippen LogP contribution is 2.24. The molecule has 0 atom stereocenters. The Labute approximate surface area is 182 Å². The average molecular weight is 431 g/mol. The van der Waals surface area contributed by atoms with Gasteiger partial charge in [0.25, 0.3) is 0 Å². The van der Waals surface area contributed by atoms with E-state index in [4.69, 9.17) is 14.2 Å². The van der Waals surface area contributed by atoms with Crippen LogP contribution in [0.2, 0.25) is 0 Å². The Kier molecular flexibility index (Phi) is 7.29. The third kappa shape index (κ3) is 6.28. The van der Waals surface area contributed by atoms with Crippen LogP contribution in [0.4, 0.5) is 16.6 Å². The number of morpholine rings is 1. The number of anilines is 2. The van der Waals surface area contributed by atoms with Crippen molar-refractivity contribution < 1.29 is 24.1 Å². The lowest BCUT2D eigenvalue weighted by molar-refractivity contribution is 0.0576. The van der Waals surface area contributed by atoms with E-state index in [-0.39, 0.29) is 13.2 Å². The Morgan fingerprint density at radius 3 is 2.45 bits per heavy atom. The van der Waals surface area contributed by atoms with E-state index in [0.29, 0.717) is 43.8 Å². The summed E-state index contributed by atoms with van der Waals surface area (Å²) in [6.07, 6.45) is -0.529. The van der Waals surface area contributed by atoms with Gasteiger partial charge in [0.15, 0.2) is 0 Å². The number of rotatable bonds is 6. The fraction of sp³-hybridized carbons (Fsp3) is 0.500. The monoisotopic (exact) mass is 430 g/mol. The highest BCUT2D eigenvalue weighted by molar-refractivity contribution is 5.86. The number of hydrogen-bond acceptors (Lipinski definition) is 8. The van der Waals surface area contributed by atoms with Gasteiger partial charge in [0.1, 0.15) is 17.2 Å². The first-order chi connectivity index (χ1) is 14.8. The number of carbonyl (C=O) groups excluding carboxylic acids is 1. The molecule has 9 heteroatoms. The summed E-state index contributed by atoms with van der Waals surface area (Å²) in [5, 5.41) is 9.76. The minimum Gasteiger partial charge on any atom is -0.497 e. The summed E-state index contributed by atoms with van der Waals surface area (Å²) in [6, 6.07) is 9.04. The molecule has 1 aromatic heterocycles. The molecule has 1 aliphatic rings. The van der Waals surface area contributed by atoms with Gasteiger partial charge < -0.3 is 24.2 Å². The molecule has 0 radical (unpaired) electrons. The van der Waals surface area contributed by atoms with Crippen LogP contribution in [0, 0.1) is 0 Å². The lowest BCUT2D eigenvalue weighted by Gasteiger charge is -2.30. The summed E-state index contributed by atoms with van der Waals surface area (Å²) in [6.45, 7) is 7.84. The normalized spacial score (nSPS) is 14.3. The molecular formula is C22H30N4O5. The van der Waals surface area contributed by atoms with Gasteiger partial charge >= 0.3 is 6.09 Å². The summed E-state index contributed by atoms with van der Waals surface area (Å²) in [7, 11) is 1.60. The van der Waals surface area contributed by atoms with E-state index in [0.717, 1.165) is 11.3 Å². The molecule has 0 unspecified atom stereocenters. The van der Waals surface area contributed by atoms with Gasteiger partial charge in [0.05, 0.1) is 39.2 Å². The average Bonchev–Trinajstić information content (AvgIpc) is 2.76. The molecule has 168 valence electrons. The number of aromatic nitrogens is 2. The molecule has 0 bridgehead atoms. The van der Waals surface area contributed by atoms with E-state index >= 15 is 0 Å². The molecule has 2 heterocycles. The lowest BCUT2D eigenvalue weighted by atomic mass is 10.2. The summed E-state index contributed by atoms with van der Waals surface area (Å²) < 4.78 is 16.3. The third-order valence-electron chi connectivity index (χ3n) is 4.60. The Morgan fingerprint density at radius 1 is 1.19 bits per heavy atom. The molecule has 1 aliphatic heterocycles. The number of amides is 1. The molecule has 31 heavy (non-hydrogen) atoms. The zero-order valence-corrected chi connectivity index (χ0v) is 18.5. The molecule has 1 fully saturated rings. The van der Waals surface area contributed by atoms with Crippen molar-refractivity contribution in [2.75, 3.05) is 43.2 Å². The van der Waals surface area contributed by atoms with Crippen LogP contribution in [0.25, 0.3) is 0 Å². The maximum Gasteiger partial charge on any atom is 0.416 e. The Balaban J connectivity index is 1.97. The lowest BCUT2D eigenvalue weighted by Crippen LogP contribution is -2.39. The van der Waals surface area contributed by atoms with E-state index < -0.39 is 11.7 Å². The minimum absolute atomic E-state index is 0.239. The second-order valence-electron chi connectivity index (χ2n) is 8.19. The van der Waals surface area contributed by atoms with Crippen LogP contribution in [0.1, 0.15) is 32.0 Å². The molecule has 0 spiro atoms. The van der Waals surface area contributed by atoms with Crippen molar-refractivity contribution in [2.45, 2.75) is 39.5 Å². The highest BCUT2D eigenvalue weighted by atomic mass is 16.6. The van der Waals surface area contributed by atoms with Gasteiger partial charge in [-0.25, -0.2) is 9.78 Å². The van der Waals surface area contributed by atoms with Crippen molar-refractivity contribution in [1.29, 1.82) is 0 Å². The van der Waals surface area contributed by atoms with Crippen molar-refractivity contribution in [3.63, 3.8) is 0 Å². The van der Waals surface area contributed by atoms with Crippen molar-refractivity contribution in [2.24, 2.45) is 0 Å². The maximum atomic E-state index is 13.1. The Hall–Kier alpha value is -2.91. The number of ether oxygens (including phenoxy) is 3. The first kappa shape index (κ1) is 22.8. The second-order valence-corrected chi connectivity index (χ2v) is 8.19. The molecule has 2 aromatic rings. The zero-order chi connectivity index (χ0) is 22.4. The largest absolute Gasteiger partial charge is 0.497 e. The maximum absolute atomic E-state index is 13.1. The molecule has 1 amide bonds. The van der Waals surface area contributed by atoms with Gasteiger partial charge in [-0.05, 0) is 38.5 Å². The first-order valence-electron chi connectivity index (χ1n) is 10.2. The smallest absolute Gasteiger partial charge is 0.416 e. The van der Waals surface area contributed by atoms with Crippen LogP contribution >= 0.6 is 0 Å². The second kappa shape index (κ2) is 9.93. The molecule has 1 N–H and O–H groups in total. The number of nitrogens with zero attached hydrogens (tertiary/aromatic N) is 4. The van der Waals surface area contributed by atoms with Gasteiger partial charge in [-0.15, -0.1) is 0 Å². The fourth-order valence-electron chi connectivity index (χ4n) is 3.06. The molecule has 1 saturated heterocycles. The van der Waals surface area contributed by atoms with Crippen LogP contribution < -0.4 is 14.5 Å². The van der Waals surface area contributed by atoms with E-state index in [1.54, 1.807) is 13.2 Å². The number of methoxy groups -OCH3 is 1. The van der Waals surface area contributed by atoms with E-state index in [9.17, 15) is 9.90 Å². The van der Waals surface area contributed by atoms with Gasteiger partial charge in [0.2, 0.25) is 5.95 Å². The number of carbonyl (C=O) groups is 1. The van der Waals surface area contributed by atoms with Crippen molar-refractivity contribution in [3.05, 3.63) is 41.6 Å². The van der Waals surface area contributed by atoms with Crippen LogP contribution in [0.5, 0.6) is 5.75 Å². The number of hydrogen-bond donors (Lipinski definition) is 1. The van der Waals surface area contributed by atoms with E-state index in [1.807, 2.05) is 49.9 Å². The predicted molar refractivity (Wildman–Crippen MR) is 116 cm³/mol. The summed E-state index contributed by atoms with van der Waals surface area (Å²) in [5.74, 6) is 1.55. The molecule has 0 saturated carbocycles. The van der Waals surface area contributed by atoms with Crippen LogP contribution in [0.3, 0.4) is 0 Å². The quantitative estimate of drug-likeness (QED) is 0.747. The topological polar surface area (TPSA) is 97.2 Å². The van der Waals surface area contributed by atoms with Crippen molar-refractivity contribution in [3.8, 4) is 5.75 Å². The minimum atomic E-state index is -0.672. The number of aliphatic hydroxyl groups excluding tert-OH is 1. The molecule has 1 aromatic carbocycles. The van der Waals surface area contributed by atoms with Crippen molar-refractivity contribution in [1.82, 2.24) is 9.97 Å². The molecule has 3 rings (SSSR count). The summed E-state index contributed by atoms with van der Waals surface area (Å²) in [5.41, 5.74) is 0.633. The molecule has 0 aliphatic carbocycles. The van der Waals surface area contributed by atoms with Gasteiger partial charge in [-0.1, -0.05) is 12.1 Å². The van der Waals surface area contributed by atoms with E-state index in [2.05, 4.69) is 9.97 Å². The van der Waals surface area contributed by atoms with Crippen LogP contribution in [0.15, 0.2) is 30.3 Å². The Bertz CT molecular complexity index is 876. The van der Waals surface area contributed by atoms with E-state index in [1.165, 1.54) is 4.90 Å². The first-order valence-corrected chi connectivity index (χ1v) is 10.2. The standard InChI is InChI=1S/C22H30N4O5/c1-22(2,3)31-21(28)26(14-16-5-7-18(29-4)8-6-16)19-13-17(15-27)23-20(24-19)25-9-11-30-12-10-25/h5-8,13,27H,9-12,14-15H2,1-4H3.